The summed E-state index contributed by atoms with van der Waals surface area (Å²) in [6.45, 7) is 5.58. The molecule has 3 aromatic rings. The molecular formula is C21H25NO4S. The van der Waals surface area contributed by atoms with Crippen LogP contribution in [-0.4, -0.2) is 34.6 Å². The molecule has 0 aliphatic rings. The van der Waals surface area contributed by atoms with Crippen LogP contribution in [0.15, 0.2) is 42.5 Å². The summed E-state index contributed by atoms with van der Waals surface area (Å²) in [6.07, 6.45) is -2.31. The number of amides is 1. The maximum atomic E-state index is 11.6. The fourth-order valence-electron chi connectivity index (χ4n) is 2.94. The molecule has 144 valence electrons. The largest absolute Gasteiger partial charge is 0.444 e. The van der Waals surface area contributed by atoms with Crippen molar-refractivity contribution in [1.29, 1.82) is 0 Å². The Morgan fingerprint density at radius 2 is 1.81 bits per heavy atom. The molecule has 2 atom stereocenters. The van der Waals surface area contributed by atoms with Gasteiger partial charge in [-0.05, 0) is 51.0 Å². The van der Waals surface area contributed by atoms with Crippen LogP contribution in [0.25, 0.3) is 20.2 Å². The van der Waals surface area contributed by atoms with Crippen molar-refractivity contribution < 1.29 is 19.7 Å². The van der Waals surface area contributed by atoms with Gasteiger partial charge in [-0.15, -0.1) is 11.3 Å². The molecule has 5 nitrogen and oxygen atoms in total. The highest BCUT2D eigenvalue weighted by Gasteiger charge is 2.20. The highest BCUT2D eigenvalue weighted by Crippen LogP contribution is 2.35. The number of hydrogen-bond acceptors (Lipinski definition) is 5. The van der Waals surface area contributed by atoms with Gasteiger partial charge in [-0.1, -0.05) is 24.3 Å². The van der Waals surface area contributed by atoms with E-state index >= 15 is 0 Å². The molecule has 0 saturated carbocycles. The Hall–Kier alpha value is -2.15. The Labute approximate surface area is 162 Å². The SMILES string of the molecule is CC(C)(C)OC(=O)NCCC(O)C(O)c1ccc2sc3ccccc3c2c1. The molecule has 3 N–H and O–H groups in total. The summed E-state index contributed by atoms with van der Waals surface area (Å²) in [6, 6.07) is 13.9. The van der Waals surface area contributed by atoms with Gasteiger partial charge in [0.1, 0.15) is 11.7 Å². The lowest BCUT2D eigenvalue weighted by Crippen LogP contribution is -2.34. The van der Waals surface area contributed by atoms with Gasteiger partial charge >= 0.3 is 6.09 Å². The average Bonchev–Trinajstić information content (AvgIpc) is 2.97. The highest BCUT2D eigenvalue weighted by atomic mass is 32.1. The van der Waals surface area contributed by atoms with Crippen molar-refractivity contribution in [2.24, 2.45) is 0 Å². The fourth-order valence-corrected chi connectivity index (χ4v) is 4.03. The van der Waals surface area contributed by atoms with E-state index in [9.17, 15) is 15.0 Å². The molecule has 1 heterocycles. The number of aliphatic hydroxyl groups is 2. The summed E-state index contributed by atoms with van der Waals surface area (Å²) in [5.41, 5.74) is 0.0943. The number of carbonyl (C=O) groups excluding carboxylic acids is 1. The smallest absolute Gasteiger partial charge is 0.407 e. The Morgan fingerprint density at radius 3 is 2.56 bits per heavy atom. The van der Waals surface area contributed by atoms with E-state index in [4.69, 9.17) is 4.74 Å². The van der Waals surface area contributed by atoms with Crippen LogP contribution in [0.3, 0.4) is 0 Å². The number of nitrogens with one attached hydrogen (secondary N) is 1. The van der Waals surface area contributed by atoms with E-state index in [1.54, 1.807) is 32.1 Å². The Morgan fingerprint density at radius 1 is 1.11 bits per heavy atom. The minimum Gasteiger partial charge on any atom is -0.444 e. The van der Waals surface area contributed by atoms with Crippen LogP contribution in [0.5, 0.6) is 0 Å². The predicted molar refractivity (Wildman–Crippen MR) is 109 cm³/mol. The van der Waals surface area contributed by atoms with Gasteiger partial charge in [0, 0.05) is 26.7 Å². The Balaban J connectivity index is 1.65. The first-order chi connectivity index (χ1) is 12.7. The molecule has 2 aromatic carbocycles. The quantitative estimate of drug-likeness (QED) is 0.608. The first-order valence-electron chi connectivity index (χ1n) is 8.99. The maximum absolute atomic E-state index is 11.6. The molecule has 0 fully saturated rings. The van der Waals surface area contributed by atoms with Gasteiger partial charge in [0.2, 0.25) is 0 Å². The van der Waals surface area contributed by atoms with Gasteiger partial charge in [-0.25, -0.2) is 4.79 Å². The minimum absolute atomic E-state index is 0.219. The third-order valence-electron chi connectivity index (χ3n) is 4.22. The minimum atomic E-state index is -1.02. The number of carbonyl (C=O) groups is 1. The van der Waals surface area contributed by atoms with Crippen molar-refractivity contribution in [2.75, 3.05) is 6.54 Å². The summed E-state index contributed by atoms with van der Waals surface area (Å²) in [5, 5.41) is 25.6. The van der Waals surface area contributed by atoms with Gasteiger partial charge in [-0.3, -0.25) is 0 Å². The fraction of sp³-hybridized carbons (Fsp3) is 0.381. The second-order valence-corrected chi connectivity index (χ2v) is 8.67. The lowest BCUT2D eigenvalue weighted by molar-refractivity contribution is 0.0124. The van der Waals surface area contributed by atoms with E-state index in [0.29, 0.717) is 5.56 Å². The van der Waals surface area contributed by atoms with E-state index < -0.39 is 23.9 Å². The molecule has 0 radical (unpaired) electrons. The number of alkyl carbamates (subject to hydrolysis) is 1. The first kappa shape index (κ1) is 19.6. The molecule has 2 unspecified atom stereocenters. The zero-order chi connectivity index (χ0) is 19.6. The van der Waals surface area contributed by atoms with Gasteiger partial charge in [0.05, 0.1) is 6.10 Å². The van der Waals surface area contributed by atoms with Crippen molar-refractivity contribution in [2.45, 2.75) is 45.0 Å². The first-order valence-corrected chi connectivity index (χ1v) is 9.80. The Kier molecular flexibility index (Phi) is 5.69. The normalized spacial score (nSPS) is 14.3. The number of aliphatic hydroxyl groups excluding tert-OH is 2. The Bertz CT molecular complexity index is 944. The van der Waals surface area contributed by atoms with Crippen molar-refractivity contribution in [3.05, 3.63) is 48.0 Å². The third kappa shape index (κ3) is 4.77. The van der Waals surface area contributed by atoms with Crippen LogP contribution in [0.4, 0.5) is 4.79 Å². The molecule has 0 bridgehead atoms. The molecule has 1 amide bonds. The zero-order valence-electron chi connectivity index (χ0n) is 15.7. The number of fused-ring (bicyclic) bond motifs is 3. The number of ether oxygens (including phenoxy) is 1. The second-order valence-electron chi connectivity index (χ2n) is 7.58. The summed E-state index contributed by atoms with van der Waals surface area (Å²) >= 11 is 1.71. The molecule has 0 spiro atoms. The summed E-state index contributed by atoms with van der Waals surface area (Å²) < 4.78 is 7.49. The van der Waals surface area contributed by atoms with E-state index in [2.05, 4.69) is 17.4 Å². The molecule has 0 aliphatic carbocycles. The van der Waals surface area contributed by atoms with Crippen LogP contribution in [-0.2, 0) is 4.74 Å². The van der Waals surface area contributed by atoms with Crippen molar-refractivity contribution >= 4 is 37.6 Å². The lowest BCUT2D eigenvalue weighted by Gasteiger charge is -2.21. The molecule has 0 saturated heterocycles. The average molecular weight is 388 g/mol. The number of rotatable bonds is 5. The van der Waals surface area contributed by atoms with E-state index in [1.807, 2.05) is 30.3 Å². The maximum Gasteiger partial charge on any atom is 0.407 e. The van der Waals surface area contributed by atoms with Gasteiger partial charge in [0.25, 0.3) is 0 Å². The number of hydrogen-bond donors (Lipinski definition) is 3. The van der Waals surface area contributed by atoms with Crippen LogP contribution in [0.2, 0.25) is 0 Å². The van der Waals surface area contributed by atoms with E-state index in [1.165, 1.54) is 4.70 Å². The van der Waals surface area contributed by atoms with Crippen LogP contribution in [0, 0.1) is 0 Å². The van der Waals surface area contributed by atoms with Gasteiger partial charge in [-0.2, -0.15) is 0 Å². The van der Waals surface area contributed by atoms with Crippen molar-refractivity contribution in [3.8, 4) is 0 Å². The van der Waals surface area contributed by atoms with Crippen LogP contribution in [0.1, 0.15) is 38.9 Å². The summed E-state index contributed by atoms with van der Waals surface area (Å²) in [4.78, 5) is 11.6. The lowest BCUT2D eigenvalue weighted by atomic mass is 10.00. The standard InChI is InChI=1S/C21H25NO4S/c1-21(2,3)26-20(25)22-11-10-16(23)19(24)13-8-9-18-15(12-13)14-6-4-5-7-17(14)27-18/h4-9,12,16,19,23-24H,10-11H2,1-3H3,(H,22,25). The monoisotopic (exact) mass is 387 g/mol. The molecule has 1 aromatic heterocycles. The highest BCUT2D eigenvalue weighted by molar-refractivity contribution is 7.25. The second kappa shape index (κ2) is 7.84. The van der Waals surface area contributed by atoms with Crippen molar-refractivity contribution in [3.63, 3.8) is 0 Å². The van der Waals surface area contributed by atoms with Gasteiger partial charge in [0.15, 0.2) is 0 Å². The third-order valence-corrected chi connectivity index (χ3v) is 5.37. The molecular weight excluding hydrogens is 362 g/mol. The van der Waals surface area contributed by atoms with E-state index in [-0.39, 0.29) is 13.0 Å². The predicted octanol–water partition coefficient (Wildman–Crippen LogP) is 4.36. The van der Waals surface area contributed by atoms with Gasteiger partial charge < -0.3 is 20.3 Å². The van der Waals surface area contributed by atoms with Crippen LogP contribution < -0.4 is 5.32 Å². The summed E-state index contributed by atoms with van der Waals surface area (Å²) in [5.74, 6) is 0. The van der Waals surface area contributed by atoms with Crippen molar-refractivity contribution in [1.82, 2.24) is 5.32 Å². The molecule has 3 rings (SSSR count). The van der Waals surface area contributed by atoms with E-state index in [0.717, 1.165) is 15.5 Å². The molecule has 6 heteroatoms. The topological polar surface area (TPSA) is 78.8 Å². The molecule has 0 aliphatic heterocycles. The number of thiophene rings is 1. The summed E-state index contributed by atoms with van der Waals surface area (Å²) in [7, 11) is 0. The molecule has 27 heavy (non-hydrogen) atoms. The van der Waals surface area contributed by atoms with Crippen LogP contribution >= 0.6 is 11.3 Å². The zero-order valence-corrected chi connectivity index (χ0v) is 16.5. The number of benzene rings is 2.